The van der Waals surface area contributed by atoms with Gasteiger partial charge in [0.15, 0.2) is 0 Å². The third-order valence-corrected chi connectivity index (χ3v) is 9.05. The highest BCUT2D eigenvalue weighted by Gasteiger charge is 2.41. The molecule has 0 bridgehead atoms. The molecule has 1 aromatic carbocycles. The zero-order valence-corrected chi connectivity index (χ0v) is 20.0. The molecule has 5 aliphatic rings. The maximum absolute atomic E-state index is 12.8. The number of benzene rings is 1. The average Bonchev–Trinajstić information content (AvgIpc) is 2.84. The van der Waals surface area contributed by atoms with Gasteiger partial charge in [0.2, 0.25) is 5.91 Å². The molecule has 0 atom stereocenters. The number of nitrogens with zero attached hydrogens (tertiary/aromatic N) is 3. The van der Waals surface area contributed by atoms with Crippen LogP contribution in [0.3, 0.4) is 0 Å². The molecule has 4 heterocycles. The lowest BCUT2D eigenvalue weighted by Gasteiger charge is -2.48. The lowest BCUT2D eigenvalue weighted by molar-refractivity contribution is -0.140. The van der Waals surface area contributed by atoms with Crippen LogP contribution in [0.25, 0.3) is 0 Å². The number of hydrogen-bond acceptors (Lipinski definition) is 5. The van der Waals surface area contributed by atoms with Gasteiger partial charge in [0.25, 0.3) is 0 Å². The van der Waals surface area contributed by atoms with E-state index in [2.05, 4.69) is 28.0 Å². The number of piperidine rings is 2. The number of rotatable bonds is 3. The molecule has 1 saturated carbocycles. The van der Waals surface area contributed by atoms with Crippen LogP contribution in [-0.2, 0) is 16.0 Å². The summed E-state index contributed by atoms with van der Waals surface area (Å²) in [5, 5.41) is 0. The van der Waals surface area contributed by atoms with Crippen molar-refractivity contribution in [3.05, 3.63) is 23.8 Å². The van der Waals surface area contributed by atoms with Crippen molar-refractivity contribution in [3.63, 3.8) is 0 Å². The second-order valence-electron chi connectivity index (χ2n) is 10.9. The minimum Gasteiger partial charge on any atom is -0.487 e. The molecule has 3 saturated heterocycles. The Morgan fingerprint density at radius 3 is 2.36 bits per heavy atom. The maximum Gasteiger partial charge on any atom is 0.225 e. The molecule has 33 heavy (non-hydrogen) atoms. The predicted molar refractivity (Wildman–Crippen MR) is 129 cm³/mol. The van der Waals surface area contributed by atoms with E-state index in [1.807, 2.05) is 4.90 Å². The second kappa shape index (κ2) is 9.10. The summed E-state index contributed by atoms with van der Waals surface area (Å²) in [6.07, 6.45) is 10.7. The summed E-state index contributed by atoms with van der Waals surface area (Å²) in [7, 11) is 0. The highest BCUT2D eigenvalue weighted by atomic mass is 16.5. The van der Waals surface area contributed by atoms with Crippen molar-refractivity contribution in [1.29, 1.82) is 0 Å². The summed E-state index contributed by atoms with van der Waals surface area (Å²) in [4.78, 5) is 20.0. The van der Waals surface area contributed by atoms with E-state index in [0.717, 1.165) is 63.7 Å². The summed E-state index contributed by atoms with van der Waals surface area (Å²) >= 11 is 0. The molecular weight excluding hydrogens is 414 g/mol. The molecule has 0 N–H and O–H groups in total. The highest BCUT2D eigenvalue weighted by molar-refractivity contribution is 5.79. The molecule has 1 aromatic rings. The van der Waals surface area contributed by atoms with Gasteiger partial charge >= 0.3 is 0 Å². The van der Waals surface area contributed by atoms with Gasteiger partial charge in [-0.15, -0.1) is 0 Å². The van der Waals surface area contributed by atoms with Crippen molar-refractivity contribution in [2.75, 3.05) is 57.4 Å². The lowest BCUT2D eigenvalue weighted by atomic mass is 9.81. The van der Waals surface area contributed by atoms with E-state index in [9.17, 15) is 4.79 Å². The van der Waals surface area contributed by atoms with E-state index >= 15 is 0 Å². The first-order valence-corrected chi connectivity index (χ1v) is 13.4. The first kappa shape index (κ1) is 21.7. The molecule has 6 nitrogen and oxygen atoms in total. The Hall–Kier alpha value is -1.79. The third-order valence-electron chi connectivity index (χ3n) is 9.05. The van der Waals surface area contributed by atoms with Crippen LogP contribution in [0.4, 0.5) is 5.69 Å². The Morgan fingerprint density at radius 2 is 1.67 bits per heavy atom. The average molecular weight is 454 g/mol. The highest BCUT2D eigenvalue weighted by Crippen LogP contribution is 2.42. The topological polar surface area (TPSA) is 45.2 Å². The van der Waals surface area contributed by atoms with Crippen LogP contribution in [0.5, 0.6) is 5.75 Å². The van der Waals surface area contributed by atoms with E-state index in [1.165, 1.54) is 56.4 Å². The summed E-state index contributed by atoms with van der Waals surface area (Å²) in [5.41, 5.74) is 2.73. The smallest absolute Gasteiger partial charge is 0.225 e. The van der Waals surface area contributed by atoms with Gasteiger partial charge in [0, 0.05) is 56.9 Å². The van der Waals surface area contributed by atoms with E-state index in [-0.39, 0.29) is 11.5 Å². The van der Waals surface area contributed by atoms with Crippen molar-refractivity contribution in [2.45, 2.75) is 69.4 Å². The van der Waals surface area contributed by atoms with Crippen molar-refractivity contribution in [1.82, 2.24) is 9.80 Å². The standard InChI is InChI=1S/C27H39N3O3/c31-26(30-16-18-32-19-17-30)21-7-12-28(13-8-21)24-4-5-25-22(20-24)6-9-27(33-25)10-14-29(15-11-27)23-2-1-3-23/h4-5,20-21,23H,1-3,6-19H2. The van der Waals surface area contributed by atoms with Crippen molar-refractivity contribution in [2.24, 2.45) is 5.92 Å². The minimum atomic E-state index is 0.0625. The number of ether oxygens (including phenoxy) is 2. The minimum absolute atomic E-state index is 0.0625. The SMILES string of the molecule is O=C(C1CCN(c2ccc3c(c2)CCC2(CCN(C4CCC4)CC2)O3)CC1)N1CCOCC1. The quantitative estimate of drug-likeness (QED) is 0.701. The van der Waals surface area contributed by atoms with Gasteiger partial charge in [-0.25, -0.2) is 0 Å². The molecule has 0 aromatic heterocycles. The first-order valence-electron chi connectivity index (χ1n) is 13.4. The van der Waals surface area contributed by atoms with Crippen LogP contribution < -0.4 is 9.64 Å². The summed E-state index contributed by atoms with van der Waals surface area (Å²) in [6.45, 7) is 7.20. The third kappa shape index (κ3) is 4.37. The van der Waals surface area contributed by atoms with Gasteiger partial charge in [0.1, 0.15) is 11.4 Å². The molecule has 4 fully saturated rings. The number of fused-ring (bicyclic) bond motifs is 1. The van der Waals surface area contributed by atoms with Crippen LogP contribution in [0.2, 0.25) is 0 Å². The van der Waals surface area contributed by atoms with Gasteiger partial charge < -0.3 is 24.2 Å². The largest absolute Gasteiger partial charge is 0.487 e. The van der Waals surface area contributed by atoms with Crippen molar-refractivity contribution in [3.8, 4) is 5.75 Å². The maximum atomic E-state index is 12.8. The van der Waals surface area contributed by atoms with Crippen LogP contribution in [0.1, 0.15) is 56.9 Å². The molecule has 6 heteroatoms. The number of morpholine rings is 1. The molecular formula is C27H39N3O3. The van der Waals surface area contributed by atoms with E-state index < -0.39 is 0 Å². The summed E-state index contributed by atoms with van der Waals surface area (Å²) in [6, 6.07) is 7.67. The molecule has 1 spiro atoms. The Balaban J connectivity index is 1.04. The van der Waals surface area contributed by atoms with Crippen LogP contribution in [-0.4, -0.2) is 79.8 Å². The fourth-order valence-electron chi connectivity index (χ4n) is 6.53. The van der Waals surface area contributed by atoms with E-state index in [0.29, 0.717) is 19.1 Å². The fraction of sp³-hybridized carbons (Fsp3) is 0.741. The van der Waals surface area contributed by atoms with E-state index in [1.54, 1.807) is 0 Å². The number of amides is 1. The van der Waals surface area contributed by atoms with Gasteiger partial charge in [-0.2, -0.15) is 0 Å². The Labute approximate surface area is 198 Å². The van der Waals surface area contributed by atoms with Gasteiger partial charge in [-0.1, -0.05) is 6.42 Å². The van der Waals surface area contributed by atoms with Crippen molar-refractivity contribution < 1.29 is 14.3 Å². The molecule has 4 aliphatic heterocycles. The Morgan fingerprint density at radius 1 is 0.909 bits per heavy atom. The normalized spacial score (nSPS) is 26.5. The van der Waals surface area contributed by atoms with Gasteiger partial charge in [-0.3, -0.25) is 4.79 Å². The second-order valence-corrected chi connectivity index (χ2v) is 10.9. The summed E-state index contributed by atoms with van der Waals surface area (Å²) < 4.78 is 12.1. The van der Waals surface area contributed by atoms with Crippen LogP contribution in [0, 0.1) is 5.92 Å². The Bertz CT molecular complexity index is 848. The van der Waals surface area contributed by atoms with E-state index in [4.69, 9.17) is 9.47 Å². The monoisotopic (exact) mass is 453 g/mol. The van der Waals surface area contributed by atoms with Crippen LogP contribution >= 0.6 is 0 Å². The molecule has 1 amide bonds. The number of carbonyl (C=O) groups excluding carboxylic acids is 1. The first-order chi connectivity index (χ1) is 16.2. The molecule has 0 radical (unpaired) electrons. The fourth-order valence-corrected chi connectivity index (χ4v) is 6.53. The molecule has 0 unspecified atom stereocenters. The number of anilines is 1. The van der Waals surface area contributed by atoms with Crippen molar-refractivity contribution >= 4 is 11.6 Å². The Kier molecular flexibility index (Phi) is 5.99. The summed E-state index contributed by atoms with van der Waals surface area (Å²) in [5.74, 6) is 1.62. The van der Waals surface area contributed by atoms with Gasteiger partial charge in [0.05, 0.1) is 13.2 Å². The molecule has 1 aliphatic carbocycles. The zero-order chi connectivity index (χ0) is 22.3. The lowest BCUT2D eigenvalue weighted by Crippen LogP contribution is -2.53. The predicted octanol–water partition coefficient (Wildman–Crippen LogP) is 3.47. The number of hydrogen-bond donors (Lipinski definition) is 0. The van der Waals surface area contributed by atoms with Crippen LogP contribution in [0.15, 0.2) is 18.2 Å². The number of likely N-dealkylation sites (tertiary alicyclic amines) is 1. The molecule has 180 valence electrons. The number of aryl methyl sites for hydroxylation is 1. The zero-order valence-electron chi connectivity index (χ0n) is 20.0. The van der Waals surface area contributed by atoms with Gasteiger partial charge in [-0.05, 0) is 75.1 Å². The molecule has 6 rings (SSSR count). The number of carbonyl (C=O) groups is 1.